The molecule has 2 rings (SSSR count). The van der Waals surface area contributed by atoms with Crippen LogP contribution in [-0.4, -0.2) is 29.2 Å². The van der Waals surface area contributed by atoms with Gasteiger partial charge in [-0.1, -0.05) is 24.3 Å². The lowest BCUT2D eigenvalue weighted by atomic mass is 10.0. The number of ether oxygens (including phenoxy) is 1. The number of nitro benzene ring substituents is 1. The zero-order valence-electron chi connectivity index (χ0n) is 14.5. The summed E-state index contributed by atoms with van der Waals surface area (Å²) in [5.74, 6) is -0.507. The average molecular weight is 346 g/mol. The number of nitrogens with one attached hydrogen (secondary N) is 1. The van der Waals surface area contributed by atoms with Crippen LogP contribution >= 0.6 is 0 Å². The number of hydrogen-bond donors (Lipinski definition) is 2. The highest BCUT2D eigenvalue weighted by molar-refractivity contribution is 5.96. The molecular weight excluding hydrogens is 324 g/mol. The number of para-hydroxylation sites is 1. The maximum atomic E-state index is 11.2. The Bertz CT molecular complexity index is 729. The Morgan fingerprint density at radius 1 is 1.16 bits per heavy atom. The second-order valence-electron chi connectivity index (χ2n) is 4.94. The molecule has 0 aliphatic carbocycles. The SMILES string of the molecule is CC(=O)Nc1ccccc1-c1c(O)cccc1[N+](=O)[O-].CCOCC. The van der Waals surface area contributed by atoms with Crippen molar-refractivity contribution in [3.63, 3.8) is 0 Å². The Morgan fingerprint density at radius 3 is 2.32 bits per heavy atom. The lowest BCUT2D eigenvalue weighted by Crippen LogP contribution is -2.07. The number of nitrogens with zero attached hydrogens (tertiary/aromatic N) is 1. The average Bonchev–Trinajstić information content (AvgIpc) is 2.56. The summed E-state index contributed by atoms with van der Waals surface area (Å²) in [4.78, 5) is 21.7. The minimum Gasteiger partial charge on any atom is -0.507 e. The number of carbonyl (C=O) groups excluding carboxylic acids is 1. The largest absolute Gasteiger partial charge is 0.507 e. The molecule has 134 valence electrons. The molecule has 0 aliphatic rings. The topological polar surface area (TPSA) is 102 Å². The van der Waals surface area contributed by atoms with Crippen molar-refractivity contribution in [3.05, 3.63) is 52.6 Å². The first kappa shape index (κ1) is 20.1. The van der Waals surface area contributed by atoms with Crippen LogP contribution in [0, 0.1) is 10.1 Å². The van der Waals surface area contributed by atoms with Gasteiger partial charge in [-0.15, -0.1) is 0 Å². The first-order valence-electron chi connectivity index (χ1n) is 7.83. The van der Waals surface area contributed by atoms with E-state index in [9.17, 15) is 20.0 Å². The van der Waals surface area contributed by atoms with Gasteiger partial charge in [-0.3, -0.25) is 14.9 Å². The highest BCUT2D eigenvalue weighted by atomic mass is 16.6. The quantitative estimate of drug-likeness (QED) is 0.630. The Morgan fingerprint density at radius 2 is 1.80 bits per heavy atom. The van der Waals surface area contributed by atoms with Crippen molar-refractivity contribution in [2.45, 2.75) is 20.8 Å². The van der Waals surface area contributed by atoms with Crippen molar-refractivity contribution in [2.24, 2.45) is 0 Å². The highest BCUT2D eigenvalue weighted by Crippen LogP contribution is 2.40. The van der Waals surface area contributed by atoms with E-state index in [-0.39, 0.29) is 22.9 Å². The van der Waals surface area contributed by atoms with E-state index in [1.165, 1.54) is 25.1 Å². The minimum absolute atomic E-state index is 0.0850. The normalized spacial score (nSPS) is 9.72. The Kier molecular flexibility index (Phi) is 8.08. The second-order valence-corrected chi connectivity index (χ2v) is 4.94. The summed E-state index contributed by atoms with van der Waals surface area (Å²) in [6.07, 6.45) is 0. The van der Waals surface area contributed by atoms with E-state index in [2.05, 4.69) is 5.32 Å². The molecule has 0 atom stereocenters. The van der Waals surface area contributed by atoms with Gasteiger partial charge >= 0.3 is 0 Å². The Labute approximate surface area is 146 Å². The molecule has 7 nitrogen and oxygen atoms in total. The minimum atomic E-state index is -0.570. The van der Waals surface area contributed by atoms with Crippen molar-refractivity contribution in [1.29, 1.82) is 0 Å². The van der Waals surface area contributed by atoms with Crippen molar-refractivity contribution in [3.8, 4) is 16.9 Å². The molecule has 0 aromatic heterocycles. The third kappa shape index (κ3) is 5.89. The number of phenolic OH excluding ortho intramolecular Hbond substituents is 1. The number of nitro groups is 1. The molecule has 1 amide bonds. The molecule has 0 spiro atoms. The number of benzene rings is 2. The monoisotopic (exact) mass is 346 g/mol. The van der Waals surface area contributed by atoms with Gasteiger partial charge in [0.1, 0.15) is 11.3 Å². The number of rotatable bonds is 5. The molecule has 0 heterocycles. The predicted octanol–water partition coefficient (Wildman–Crippen LogP) is 3.97. The predicted molar refractivity (Wildman–Crippen MR) is 96.7 cm³/mol. The van der Waals surface area contributed by atoms with Gasteiger partial charge in [0, 0.05) is 37.5 Å². The van der Waals surface area contributed by atoms with Gasteiger partial charge in [-0.2, -0.15) is 0 Å². The van der Waals surface area contributed by atoms with Crippen LogP contribution in [0.2, 0.25) is 0 Å². The summed E-state index contributed by atoms with van der Waals surface area (Å²) >= 11 is 0. The van der Waals surface area contributed by atoms with Gasteiger partial charge in [0.15, 0.2) is 0 Å². The van der Waals surface area contributed by atoms with Crippen LogP contribution < -0.4 is 5.32 Å². The van der Waals surface area contributed by atoms with Crippen molar-refractivity contribution < 1.29 is 19.6 Å². The smallest absolute Gasteiger partial charge is 0.281 e. The van der Waals surface area contributed by atoms with Gasteiger partial charge < -0.3 is 15.2 Å². The summed E-state index contributed by atoms with van der Waals surface area (Å²) in [5, 5.41) is 23.6. The summed E-state index contributed by atoms with van der Waals surface area (Å²) in [6.45, 7) is 7.01. The first-order valence-corrected chi connectivity index (χ1v) is 7.83. The first-order chi connectivity index (χ1) is 11.9. The third-order valence-electron chi connectivity index (χ3n) is 3.13. The number of amides is 1. The zero-order chi connectivity index (χ0) is 18.8. The van der Waals surface area contributed by atoms with E-state index in [0.29, 0.717) is 11.3 Å². The van der Waals surface area contributed by atoms with Crippen molar-refractivity contribution in [2.75, 3.05) is 18.5 Å². The lowest BCUT2D eigenvalue weighted by molar-refractivity contribution is -0.384. The molecular formula is C18H22N2O5. The fourth-order valence-electron chi connectivity index (χ4n) is 2.16. The third-order valence-corrected chi connectivity index (χ3v) is 3.13. The van der Waals surface area contributed by atoms with Gasteiger partial charge in [-0.05, 0) is 26.0 Å². The maximum Gasteiger partial charge on any atom is 0.281 e. The van der Waals surface area contributed by atoms with E-state index in [1.54, 1.807) is 24.3 Å². The van der Waals surface area contributed by atoms with Gasteiger partial charge in [0.05, 0.1) is 4.92 Å². The van der Waals surface area contributed by atoms with Crippen LogP contribution in [0.15, 0.2) is 42.5 Å². The zero-order valence-corrected chi connectivity index (χ0v) is 14.5. The summed E-state index contributed by atoms with van der Waals surface area (Å²) in [6, 6.07) is 10.7. The number of anilines is 1. The van der Waals surface area contributed by atoms with E-state index < -0.39 is 4.92 Å². The number of aromatic hydroxyl groups is 1. The molecule has 0 unspecified atom stereocenters. The summed E-state index contributed by atoms with van der Waals surface area (Å²) in [5.41, 5.74) is 0.668. The van der Waals surface area contributed by atoms with Crippen molar-refractivity contribution in [1.82, 2.24) is 0 Å². The molecule has 0 fully saturated rings. The number of phenols is 1. The van der Waals surface area contributed by atoms with Crippen molar-refractivity contribution >= 4 is 17.3 Å². The van der Waals surface area contributed by atoms with Crippen LogP contribution in [0.5, 0.6) is 5.75 Å². The standard InChI is InChI=1S/C14H12N2O4.C4H10O/c1-9(17)15-11-6-3-2-5-10(11)14-12(16(19)20)7-4-8-13(14)18;1-3-5-4-2/h2-8,18H,1H3,(H,15,17);3-4H2,1-2H3. The molecule has 0 radical (unpaired) electrons. The summed E-state index contributed by atoms with van der Waals surface area (Å²) < 4.78 is 4.83. The molecule has 0 aliphatic heterocycles. The lowest BCUT2D eigenvalue weighted by Gasteiger charge is -2.11. The summed E-state index contributed by atoms with van der Waals surface area (Å²) in [7, 11) is 0. The molecule has 25 heavy (non-hydrogen) atoms. The van der Waals surface area contributed by atoms with Crippen LogP contribution in [-0.2, 0) is 9.53 Å². The maximum absolute atomic E-state index is 11.2. The van der Waals surface area contributed by atoms with Crippen LogP contribution in [0.25, 0.3) is 11.1 Å². The van der Waals surface area contributed by atoms with Gasteiger partial charge in [0.25, 0.3) is 5.69 Å². The number of hydrogen-bond acceptors (Lipinski definition) is 5. The fourth-order valence-corrected chi connectivity index (χ4v) is 2.16. The van der Waals surface area contributed by atoms with E-state index in [0.717, 1.165) is 13.2 Å². The molecule has 2 N–H and O–H groups in total. The number of carbonyl (C=O) groups is 1. The van der Waals surface area contributed by atoms with Crippen LogP contribution in [0.1, 0.15) is 20.8 Å². The van der Waals surface area contributed by atoms with E-state index >= 15 is 0 Å². The molecule has 0 saturated heterocycles. The molecule has 0 saturated carbocycles. The fraction of sp³-hybridized carbons (Fsp3) is 0.278. The molecule has 7 heteroatoms. The molecule has 0 bridgehead atoms. The second kappa shape index (κ2) is 10.0. The van der Waals surface area contributed by atoms with E-state index in [1.807, 2.05) is 13.8 Å². The van der Waals surface area contributed by atoms with Crippen LogP contribution in [0.4, 0.5) is 11.4 Å². The molecule has 2 aromatic rings. The Hall–Kier alpha value is -2.93. The Balaban J connectivity index is 0.000000550. The van der Waals surface area contributed by atoms with Crippen LogP contribution in [0.3, 0.4) is 0 Å². The van der Waals surface area contributed by atoms with Gasteiger partial charge in [-0.25, -0.2) is 0 Å². The van der Waals surface area contributed by atoms with Gasteiger partial charge in [0.2, 0.25) is 5.91 Å². The highest BCUT2D eigenvalue weighted by Gasteiger charge is 2.21. The van der Waals surface area contributed by atoms with E-state index in [4.69, 9.17) is 4.74 Å². The molecule has 2 aromatic carbocycles.